The molecule has 1 heterocycles. The average Bonchev–Trinajstić information content (AvgIpc) is 3.02. The Labute approximate surface area is 183 Å². The van der Waals surface area contributed by atoms with Gasteiger partial charge in [0.05, 0.1) is 12.1 Å². The number of rotatable bonds is 6. The van der Waals surface area contributed by atoms with Gasteiger partial charge < -0.3 is 4.90 Å². The van der Waals surface area contributed by atoms with Gasteiger partial charge in [-0.1, -0.05) is 78.9 Å². The van der Waals surface area contributed by atoms with Crippen LogP contribution in [0.15, 0.2) is 84.6 Å². The summed E-state index contributed by atoms with van der Waals surface area (Å²) in [4.78, 5) is 30.2. The minimum absolute atomic E-state index is 0.244. The van der Waals surface area contributed by atoms with Gasteiger partial charge in [0.25, 0.3) is 11.8 Å². The number of likely N-dealkylation sites (N-methyl/N-ethyl adjacent to an activating group) is 1. The largest absolute Gasteiger partial charge is 0.365 e. The van der Waals surface area contributed by atoms with Gasteiger partial charge in [-0.3, -0.25) is 14.5 Å². The summed E-state index contributed by atoms with van der Waals surface area (Å²) >= 11 is 0. The smallest absolute Gasteiger partial charge is 0.278 e. The summed E-state index contributed by atoms with van der Waals surface area (Å²) in [5.74, 6) is -0.493. The summed E-state index contributed by atoms with van der Waals surface area (Å²) in [5.41, 5.74) is 5.97. The van der Waals surface area contributed by atoms with Gasteiger partial charge in [-0.15, -0.1) is 0 Å². The number of hydrogen-bond acceptors (Lipinski definition) is 3. The second-order valence-corrected chi connectivity index (χ2v) is 8.05. The van der Waals surface area contributed by atoms with Crippen LogP contribution in [0.4, 0.5) is 0 Å². The SMILES string of the molecule is Cc1ccc(C2=C(N(C)Cc3ccccc3)C(=O)N(Cc3ccccc3)C2=O)cc1C. The van der Waals surface area contributed by atoms with Crippen molar-refractivity contribution >= 4 is 17.4 Å². The Morgan fingerprint density at radius 2 is 1.35 bits per heavy atom. The van der Waals surface area contributed by atoms with Crippen molar-refractivity contribution in [3.8, 4) is 0 Å². The van der Waals surface area contributed by atoms with E-state index in [1.165, 1.54) is 4.90 Å². The lowest BCUT2D eigenvalue weighted by Crippen LogP contribution is -2.33. The Bertz CT molecular complexity index is 1150. The topological polar surface area (TPSA) is 40.6 Å². The van der Waals surface area contributed by atoms with Gasteiger partial charge >= 0.3 is 0 Å². The molecule has 0 aromatic heterocycles. The fraction of sp³-hybridized carbons (Fsp3) is 0.185. The molecule has 0 spiro atoms. The number of hydrogen-bond donors (Lipinski definition) is 0. The molecule has 0 radical (unpaired) electrons. The number of benzene rings is 3. The molecule has 156 valence electrons. The van der Waals surface area contributed by atoms with Gasteiger partial charge in [0.2, 0.25) is 0 Å². The summed E-state index contributed by atoms with van der Waals surface area (Å²) < 4.78 is 0. The van der Waals surface area contributed by atoms with Crippen LogP contribution >= 0.6 is 0 Å². The van der Waals surface area contributed by atoms with Crippen LogP contribution in [-0.2, 0) is 22.7 Å². The third kappa shape index (κ3) is 4.15. The van der Waals surface area contributed by atoms with Gasteiger partial charge in [-0.25, -0.2) is 0 Å². The van der Waals surface area contributed by atoms with Crippen molar-refractivity contribution in [3.63, 3.8) is 0 Å². The summed E-state index contributed by atoms with van der Waals surface area (Å²) in [6.45, 7) is 4.87. The normalized spacial score (nSPS) is 13.8. The molecule has 0 N–H and O–H groups in total. The highest BCUT2D eigenvalue weighted by molar-refractivity contribution is 6.35. The molecule has 0 saturated carbocycles. The van der Waals surface area contributed by atoms with Crippen LogP contribution < -0.4 is 0 Å². The lowest BCUT2D eigenvalue weighted by Gasteiger charge is -2.21. The molecule has 3 aromatic carbocycles. The number of aryl methyl sites for hydroxylation is 2. The maximum absolute atomic E-state index is 13.5. The Balaban J connectivity index is 1.75. The number of amides is 2. The summed E-state index contributed by atoms with van der Waals surface area (Å²) in [5, 5.41) is 0. The lowest BCUT2D eigenvalue weighted by atomic mass is 9.99. The molecule has 0 unspecified atom stereocenters. The van der Waals surface area contributed by atoms with Gasteiger partial charge in [0, 0.05) is 13.6 Å². The molecule has 0 aliphatic carbocycles. The van der Waals surface area contributed by atoms with E-state index in [0.29, 0.717) is 17.8 Å². The van der Waals surface area contributed by atoms with Crippen LogP contribution in [-0.4, -0.2) is 28.7 Å². The predicted octanol–water partition coefficient (Wildman–Crippen LogP) is 4.72. The first-order valence-electron chi connectivity index (χ1n) is 10.4. The zero-order valence-corrected chi connectivity index (χ0v) is 18.1. The molecule has 4 nitrogen and oxygen atoms in total. The number of nitrogens with zero attached hydrogens (tertiary/aromatic N) is 2. The van der Waals surface area contributed by atoms with Crippen LogP contribution in [0, 0.1) is 13.8 Å². The molecule has 0 fully saturated rings. The van der Waals surface area contributed by atoms with Crippen LogP contribution in [0.2, 0.25) is 0 Å². The van der Waals surface area contributed by atoms with Crippen LogP contribution in [0.25, 0.3) is 5.57 Å². The van der Waals surface area contributed by atoms with Crippen LogP contribution in [0.5, 0.6) is 0 Å². The van der Waals surface area contributed by atoms with Crippen LogP contribution in [0.1, 0.15) is 27.8 Å². The van der Waals surface area contributed by atoms with Gasteiger partial charge in [-0.05, 0) is 41.7 Å². The third-order valence-electron chi connectivity index (χ3n) is 5.77. The molecule has 1 aliphatic rings. The summed E-state index contributed by atoms with van der Waals surface area (Å²) in [6.07, 6.45) is 0. The average molecular weight is 411 g/mol. The number of imide groups is 1. The first-order valence-corrected chi connectivity index (χ1v) is 10.4. The second-order valence-electron chi connectivity index (χ2n) is 8.05. The molecule has 0 saturated heterocycles. The fourth-order valence-corrected chi connectivity index (χ4v) is 3.92. The molecule has 3 aromatic rings. The minimum atomic E-state index is -0.250. The van der Waals surface area contributed by atoms with Gasteiger partial charge in [0.15, 0.2) is 0 Å². The zero-order chi connectivity index (χ0) is 22.0. The predicted molar refractivity (Wildman–Crippen MR) is 123 cm³/mol. The van der Waals surface area contributed by atoms with E-state index in [0.717, 1.165) is 27.8 Å². The number of carbonyl (C=O) groups excluding carboxylic acids is 2. The van der Waals surface area contributed by atoms with E-state index >= 15 is 0 Å². The van der Waals surface area contributed by atoms with E-state index in [1.807, 2.05) is 105 Å². The van der Waals surface area contributed by atoms with Gasteiger partial charge in [0.1, 0.15) is 5.70 Å². The summed E-state index contributed by atoms with van der Waals surface area (Å²) in [6, 6.07) is 25.5. The van der Waals surface area contributed by atoms with E-state index in [2.05, 4.69) is 0 Å². The van der Waals surface area contributed by atoms with Crippen molar-refractivity contribution in [3.05, 3.63) is 112 Å². The minimum Gasteiger partial charge on any atom is -0.365 e. The third-order valence-corrected chi connectivity index (χ3v) is 5.77. The Kier molecular flexibility index (Phi) is 5.72. The van der Waals surface area contributed by atoms with Crippen molar-refractivity contribution in [1.29, 1.82) is 0 Å². The van der Waals surface area contributed by atoms with E-state index in [9.17, 15) is 9.59 Å². The van der Waals surface area contributed by atoms with E-state index < -0.39 is 0 Å². The first kappa shape index (κ1) is 20.6. The fourth-order valence-electron chi connectivity index (χ4n) is 3.92. The highest BCUT2D eigenvalue weighted by Crippen LogP contribution is 2.33. The molecule has 0 atom stereocenters. The number of carbonyl (C=O) groups is 2. The molecule has 4 heteroatoms. The van der Waals surface area contributed by atoms with Crippen molar-refractivity contribution in [2.75, 3.05) is 7.05 Å². The molecule has 0 bridgehead atoms. The quantitative estimate of drug-likeness (QED) is 0.553. The Morgan fingerprint density at radius 3 is 1.97 bits per heavy atom. The molecular formula is C27H26N2O2. The standard InChI is InChI=1S/C27H26N2O2/c1-19-14-15-23(16-20(19)2)24-25(28(3)17-21-10-6-4-7-11-21)27(31)29(26(24)30)18-22-12-8-5-9-13-22/h4-16H,17-18H2,1-3H3. The lowest BCUT2D eigenvalue weighted by molar-refractivity contribution is -0.138. The van der Waals surface area contributed by atoms with Crippen molar-refractivity contribution in [2.24, 2.45) is 0 Å². The van der Waals surface area contributed by atoms with Crippen molar-refractivity contribution in [1.82, 2.24) is 9.80 Å². The molecule has 31 heavy (non-hydrogen) atoms. The van der Waals surface area contributed by atoms with Gasteiger partial charge in [-0.2, -0.15) is 0 Å². The van der Waals surface area contributed by atoms with Crippen molar-refractivity contribution in [2.45, 2.75) is 26.9 Å². The van der Waals surface area contributed by atoms with E-state index in [4.69, 9.17) is 0 Å². The zero-order valence-electron chi connectivity index (χ0n) is 18.1. The summed E-state index contributed by atoms with van der Waals surface area (Å²) in [7, 11) is 1.88. The van der Waals surface area contributed by atoms with E-state index in [1.54, 1.807) is 0 Å². The molecule has 1 aliphatic heterocycles. The first-order chi connectivity index (χ1) is 15.0. The Morgan fingerprint density at radius 1 is 0.742 bits per heavy atom. The maximum atomic E-state index is 13.5. The molecular weight excluding hydrogens is 384 g/mol. The molecule has 2 amide bonds. The Hall–Kier alpha value is -3.66. The molecule has 4 rings (SSSR count). The van der Waals surface area contributed by atoms with Crippen LogP contribution in [0.3, 0.4) is 0 Å². The highest BCUT2D eigenvalue weighted by atomic mass is 16.2. The highest BCUT2D eigenvalue weighted by Gasteiger charge is 2.40. The maximum Gasteiger partial charge on any atom is 0.278 e. The monoisotopic (exact) mass is 410 g/mol. The van der Waals surface area contributed by atoms with E-state index in [-0.39, 0.29) is 18.4 Å². The second kappa shape index (κ2) is 8.60. The van der Waals surface area contributed by atoms with Crippen molar-refractivity contribution < 1.29 is 9.59 Å².